The van der Waals surface area contributed by atoms with Crippen molar-refractivity contribution in [3.05, 3.63) is 47.0 Å². The van der Waals surface area contributed by atoms with Gasteiger partial charge in [0, 0.05) is 11.5 Å². The minimum atomic E-state index is -0.203. The number of hydrogen-bond acceptors (Lipinski definition) is 5. The number of hydrogen-bond donors (Lipinski definition) is 0. The topological polar surface area (TPSA) is 54.0 Å². The van der Waals surface area contributed by atoms with E-state index in [4.69, 9.17) is 18.9 Å². The third-order valence-corrected chi connectivity index (χ3v) is 4.70. The number of methoxy groups -OCH3 is 4. The van der Waals surface area contributed by atoms with Crippen molar-refractivity contribution in [2.75, 3.05) is 28.4 Å². The van der Waals surface area contributed by atoms with E-state index in [1.165, 1.54) is 0 Å². The molecule has 0 aliphatic heterocycles. The molecule has 132 valence electrons. The van der Waals surface area contributed by atoms with E-state index in [0.29, 0.717) is 28.6 Å². The molecule has 1 unspecified atom stereocenters. The summed E-state index contributed by atoms with van der Waals surface area (Å²) < 4.78 is 21.3. The van der Waals surface area contributed by atoms with Gasteiger partial charge in [0.1, 0.15) is 0 Å². The summed E-state index contributed by atoms with van der Waals surface area (Å²) in [7, 11) is 6.36. The number of benzene rings is 2. The predicted molar refractivity (Wildman–Crippen MR) is 94.5 cm³/mol. The third-order valence-electron chi connectivity index (χ3n) is 4.70. The molecule has 0 radical (unpaired) electrons. The lowest BCUT2D eigenvalue weighted by Crippen LogP contribution is -2.21. The standard InChI is InChI=1S/C20H22O5/c1-22-16-8-6-12(9-17(16)23-2)14-7-5-13-10-18(24-3)19(25-4)11-15(13)20(14)21/h6,8-11,14H,5,7H2,1-4H3. The van der Waals surface area contributed by atoms with Crippen molar-refractivity contribution in [1.82, 2.24) is 0 Å². The number of fused-ring (bicyclic) bond motifs is 1. The maximum Gasteiger partial charge on any atom is 0.170 e. The van der Waals surface area contributed by atoms with Gasteiger partial charge in [0.15, 0.2) is 28.8 Å². The molecule has 1 atom stereocenters. The second-order valence-electron chi connectivity index (χ2n) is 5.93. The molecule has 0 N–H and O–H groups in total. The molecule has 0 saturated carbocycles. The van der Waals surface area contributed by atoms with Gasteiger partial charge in [0.2, 0.25) is 0 Å². The molecule has 2 aromatic carbocycles. The van der Waals surface area contributed by atoms with Crippen LogP contribution >= 0.6 is 0 Å². The zero-order valence-corrected chi connectivity index (χ0v) is 14.9. The molecule has 0 spiro atoms. The molecule has 0 saturated heterocycles. The maximum atomic E-state index is 13.1. The minimum Gasteiger partial charge on any atom is -0.493 e. The van der Waals surface area contributed by atoms with E-state index in [1.54, 1.807) is 34.5 Å². The van der Waals surface area contributed by atoms with Crippen LogP contribution in [-0.4, -0.2) is 34.2 Å². The normalized spacial score (nSPS) is 16.2. The molecule has 0 heterocycles. The Balaban J connectivity index is 1.99. The molecule has 0 fully saturated rings. The average molecular weight is 342 g/mol. The predicted octanol–water partition coefficient (Wildman–Crippen LogP) is 3.63. The lowest BCUT2D eigenvalue weighted by molar-refractivity contribution is 0.0945. The number of ketones is 1. The molecule has 0 amide bonds. The van der Waals surface area contributed by atoms with E-state index in [-0.39, 0.29) is 11.7 Å². The Labute approximate surface area is 147 Å². The summed E-state index contributed by atoms with van der Waals surface area (Å²) in [6.07, 6.45) is 1.55. The Hall–Kier alpha value is -2.69. The molecule has 0 aromatic heterocycles. The van der Waals surface area contributed by atoms with E-state index in [1.807, 2.05) is 24.3 Å². The summed E-state index contributed by atoms with van der Waals surface area (Å²) in [6.45, 7) is 0. The summed E-state index contributed by atoms with van der Waals surface area (Å²) in [4.78, 5) is 13.1. The Kier molecular flexibility index (Phi) is 4.83. The molecule has 1 aliphatic rings. The van der Waals surface area contributed by atoms with Gasteiger partial charge < -0.3 is 18.9 Å². The lowest BCUT2D eigenvalue weighted by Gasteiger charge is -2.25. The Morgan fingerprint density at radius 2 is 1.40 bits per heavy atom. The van der Waals surface area contributed by atoms with Crippen LogP contribution in [0.15, 0.2) is 30.3 Å². The monoisotopic (exact) mass is 342 g/mol. The Morgan fingerprint density at radius 3 is 2.04 bits per heavy atom. The summed E-state index contributed by atoms with van der Waals surface area (Å²) >= 11 is 0. The first-order valence-corrected chi connectivity index (χ1v) is 8.14. The van der Waals surface area contributed by atoms with Crippen LogP contribution in [0.3, 0.4) is 0 Å². The highest BCUT2D eigenvalue weighted by Gasteiger charge is 2.30. The molecular weight excluding hydrogens is 320 g/mol. The molecule has 25 heavy (non-hydrogen) atoms. The van der Waals surface area contributed by atoms with Gasteiger partial charge in [-0.25, -0.2) is 0 Å². The van der Waals surface area contributed by atoms with Gasteiger partial charge in [-0.05, 0) is 48.2 Å². The number of rotatable bonds is 5. The molecule has 1 aliphatic carbocycles. The number of Topliss-reactive ketones (excluding diaryl/α,β-unsaturated/α-hetero) is 1. The van der Waals surface area contributed by atoms with Crippen molar-refractivity contribution in [3.8, 4) is 23.0 Å². The lowest BCUT2D eigenvalue weighted by atomic mass is 9.79. The zero-order chi connectivity index (χ0) is 18.0. The minimum absolute atomic E-state index is 0.0921. The highest BCUT2D eigenvalue weighted by atomic mass is 16.5. The zero-order valence-electron chi connectivity index (χ0n) is 14.9. The fourth-order valence-electron chi connectivity index (χ4n) is 3.36. The summed E-state index contributed by atoms with van der Waals surface area (Å²) in [6, 6.07) is 9.33. The van der Waals surface area contributed by atoms with Crippen molar-refractivity contribution in [3.63, 3.8) is 0 Å². The number of carbonyl (C=O) groups excluding carboxylic acids is 1. The quantitative estimate of drug-likeness (QED) is 0.830. The van der Waals surface area contributed by atoms with Gasteiger partial charge in [-0.3, -0.25) is 4.79 Å². The van der Waals surface area contributed by atoms with Gasteiger partial charge in [0.25, 0.3) is 0 Å². The largest absolute Gasteiger partial charge is 0.493 e. The van der Waals surface area contributed by atoms with Crippen LogP contribution in [-0.2, 0) is 6.42 Å². The van der Waals surface area contributed by atoms with E-state index in [0.717, 1.165) is 24.0 Å². The van der Waals surface area contributed by atoms with Crippen molar-refractivity contribution in [2.45, 2.75) is 18.8 Å². The van der Waals surface area contributed by atoms with Crippen molar-refractivity contribution >= 4 is 5.78 Å². The highest BCUT2D eigenvalue weighted by molar-refractivity contribution is 6.03. The Morgan fingerprint density at radius 1 is 0.800 bits per heavy atom. The van der Waals surface area contributed by atoms with Crippen LogP contribution in [0.2, 0.25) is 0 Å². The molecule has 5 heteroatoms. The van der Waals surface area contributed by atoms with Crippen LogP contribution in [0.25, 0.3) is 0 Å². The van der Waals surface area contributed by atoms with Gasteiger partial charge in [-0.2, -0.15) is 0 Å². The van der Waals surface area contributed by atoms with Gasteiger partial charge in [-0.15, -0.1) is 0 Å². The number of ether oxygens (including phenoxy) is 4. The van der Waals surface area contributed by atoms with E-state index in [2.05, 4.69) is 0 Å². The van der Waals surface area contributed by atoms with Crippen LogP contribution < -0.4 is 18.9 Å². The van der Waals surface area contributed by atoms with Crippen molar-refractivity contribution in [1.29, 1.82) is 0 Å². The fourth-order valence-corrected chi connectivity index (χ4v) is 3.36. The van der Waals surface area contributed by atoms with Crippen LogP contribution in [0.1, 0.15) is 33.8 Å². The molecular formula is C20H22O5. The summed E-state index contributed by atoms with van der Waals surface area (Å²) in [5, 5.41) is 0. The van der Waals surface area contributed by atoms with Gasteiger partial charge >= 0.3 is 0 Å². The van der Waals surface area contributed by atoms with E-state index in [9.17, 15) is 4.79 Å². The molecule has 3 rings (SSSR count). The van der Waals surface area contributed by atoms with Gasteiger partial charge in [0.05, 0.1) is 28.4 Å². The third kappa shape index (κ3) is 3.02. The first-order chi connectivity index (χ1) is 12.1. The number of carbonyl (C=O) groups is 1. The fraction of sp³-hybridized carbons (Fsp3) is 0.350. The van der Waals surface area contributed by atoms with Gasteiger partial charge in [-0.1, -0.05) is 6.07 Å². The first kappa shape index (κ1) is 17.1. The smallest absolute Gasteiger partial charge is 0.170 e. The first-order valence-electron chi connectivity index (χ1n) is 8.14. The molecule has 0 bridgehead atoms. The SMILES string of the molecule is COc1ccc(C2CCc3cc(OC)c(OC)cc3C2=O)cc1OC. The van der Waals surface area contributed by atoms with E-state index >= 15 is 0 Å². The summed E-state index contributed by atoms with van der Waals surface area (Å²) in [5.74, 6) is 2.40. The Bertz CT molecular complexity index is 797. The second-order valence-corrected chi connectivity index (χ2v) is 5.93. The van der Waals surface area contributed by atoms with E-state index < -0.39 is 0 Å². The number of aryl methyl sites for hydroxylation is 1. The second kappa shape index (κ2) is 7.05. The maximum absolute atomic E-state index is 13.1. The van der Waals surface area contributed by atoms with Crippen LogP contribution in [0.4, 0.5) is 0 Å². The van der Waals surface area contributed by atoms with Crippen LogP contribution in [0, 0.1) is 0 Å². The average Bonchev–Trinajstić information content (AvgIpc) is 2.66. The summed E-state index contributed by atoms with van der Waals surface area (Å²) in [5.41, 5.74) is 2.63. The molecule has 5 nitrogen and oxygen atoms in total. The van der Waals surface area contributed by atoms with Crippen molar-refractivity contribution in [2.24, 2.45) is 0 Å². The highest BCUT2D eigenvalue weighted by Crippen LogP contribution is 2.40. The van der Waals surface area contributed by atoms with Crippen LogP contribution in [0.5, 0.6) is 23.0 Å². The molecule has 2 aromatic rings. The van der Waals surface area contributed by atoms with Crippen molar-refractivity contribution < 1.29 is 23.7 Å².